The van der Waals surface area contributed by atoms with Gasteiger partial charge in [0, 0.05) is 23.1 Å². The molecule has 3 N–H and O–H groups in total. The fraction of sp³-hybridized carbons (Fsp3) is 0.250. The van der Waals surface area contributed by atoms with Gasteiger partial charge in [-0.05, 0) is 62.2 Å². The number of likely N-dealkylation sites (N-methyl/N-ethyl adjacent to an activating group) is 1. The van der Waals surface area contributed by atoms with Crippen LogP contribution in [0.3, 0.4) is 0 Å². The number of hydrogen-bond donors (Lipinski definition) is 3. The highest BCUT2D eigenvalue weighted by molar-refractivity contribution is 5.85. The average molecular weight is 416 g/mol. The van der Waals surface area contributed by atoms with Gasteiger partial charge in [-0.2, -0.15) is 0 Å². The van der Waals surface area contributed by atoms with Crippen LogP contribution in [-0.4, -0.2) is 38.1 Å². The molecule has 0 aliphatic carbocycles. The number of nitrogens with one attached hydrogen (secondary N) is 2. The normalized spacial score (nSPS) is 16.5. The molecule has 0 amide bonds. The van der Waals surface area contributed by atoms with E-state index in [4.69, 9.17) is 0 Å². The molecule has 2 aromatic heterocycles. The Balaban J connectivity index is 1.77. The summed E-state index contributed by atoms with van der Waals surface area (Å²) >= 11 is 0. The Hall–Kier alpha value is -3.58. The Morgan fingerprint density at radius 2 is 1.81 bits per heavy atom. The molecule has 5 rings (SSSR count). The third kappa shape index (κ3) is 2.92. The molecule has 158 valence electrons. The number of fused-ring (bicyclic) bond motifs is 3. The Labute approximate surface area is 178 Å². The van der Waals surface area contributed by atoms with Crippen LogP contribution in [0.5, 0.6) is 5.88 Å². The van der Waals surface area contributed by atoms with Gasteiger partial charge < -0.3 is 10.1 Å². The van der Waals surface area contributed by atoms with Crippen molar-refractivity contribution in [1.82, 2.24) is 19.4 Å². The maximum atomic E-state index is 13.0. The van der Waals surface area contributed by atoms with Crippen molar-refractivity contribution in [2.45, 2.75) is 26.3 Å². The molecule has 0 saturated carbocycles. The molecule has 1 atom stereocenters. The number of aromatic hydroxyl groups is 1. The van der Waals surface area contributed by atoms with Gasteiger partial charge in [-0.3, -0.25) is 14.7 Å². The summed E-state index contributed by atoms with van der Waals surface area (Å²) in [4.78, 5) is 33.5. The minimum atomic E-state index is -0.662. The number of hydrogen-bond acceptors (Lipinski definition) is 4. The molecule has 2 aromatic carbocycles. The lowest BCUT2D eigenvalue weighted by atomic mass is 9.93. The molecule has 4 aromatic rings. The van der Waals surface area contributed by atoms with Crippen LogP contribution in [0.4, 0.5) is 0 Å². The molecular weight excluding hydrogens is 392 g/mol. The summed E-state index contributed by atoms with van der Waals surface area (Å²) in [5.74, 6) is -0.333. The van der Waals surface area contributed by atoms with Crippen LogP contribution in [0.15, 0.2) is 52.1 Å². The summed E-state index contributed by atoms with van der Waals surface area (Å²) in [6.07, 6.45) is 0.835. The van der Waals surface area contributed by atoms with E-state index in [1.165, 1.54) is 4.57 Å². The third-order valence-electron chi connectivity index (χ3n) is 6.42. The topological polar surface area (TPSA) is 94.1 Å². The molecule has 7 nitrogen and oxygen atoms in total. The highest BCUT2D eigenvalue weighted by Gasteiger charge is 2.34. The largest absolute Gasteiger partial charge is 0.494 e. The summed E-state index contributed by atoms with van der Waals surface area (Å²) < 4.78 is 1.17. The summed E-state index contributed by atoms with van der Waals surface area (Å²) in [7, 11) is 1.92. The summed E-state index contributed by atoms with van der Waals surface area (Å²) in [5, 5.41) is 12.4. The van der Waals surface area contributed by atoms with E-state index in [0.717, 1.165) is 46.3 Å². The van der Waals surface area contributed by atoms with Gasteiger partial charge in [-0.25, -0.2) is 9.36 Å². The van der Waals surface area contributed by atoms with E-state index in [2.05, 4.69) is 16.0 Å². The monoisotopic (exact) mass is 416 g/mol. The number of para-hydroxylation sites is 1. The van der Waals surface area contributed by atoms with Crippen molar-refractivity contribution in [1.29, 1.82) is 0 Å². The van der Waals surface area contributed by atoms with Crippen molar-refractivity contribution in [2.24, 2.45) is 0 Å². The molecule has 0 spiro atoms. The van der Waals surface area contributed by atoms with Crippen molar-refractivity contribution >= 4 is 10.9 Å². The molecule has 1 aliphatic heterocycles. The van der Waals surface area contributed by atoms with Crippen molar-refractivity contribution in [3.05, 3.63) is 91.3 Å². The van der Waals surface area contributed by atoms with Crippen LogP contribution < -0.4 is 11.2 Å². The fourth-order valence-electron chi connectivity index (χ4n) is 4.62. The van der Waals surface area contributed by atoms with E-state index in [1.807, 2.05) is 56.1 Å². The molecule has 0 saturated heterocycles. The molecule has 7 heteroatoms. The molecule has 0 fully saturated rings. The molecule has 3 heterocycles. The van der Waals surface area contributed by atoms with Gasteiger partial charge in [0.05, 0.1) is 11.7 Å². The van der Waals surface area contributed by atoms with E-state index in [-0.39, 0.29) is 11.4 Å². The second kappa shape index (κ2) is 6.99. The van der Waals surface area contributed by atoms with Gasteiger partial charge in [-0.1, -0.05) is 24.3 Å². The molecule has 31 heavy (non-hydrogen) atoms. The zero-order valence-electron chi connectivity index (χ0n) is 17.7. The Bertz CT molecular complexity index is 1440. The molecule has 0 bridgehead atoms. The van der Waals surface area contributed by atoms with Crippen molar-refractivity contribution in [3.63, 3.8) is 0 Å². The lowest BCUT2D eigenvalue weighted by Gasteiger charge is -2.33. The van der Waals surface area contributed by atoms with Crippen molar-refractivity contribution in [3.8, 4) is 11.6 Å². The summed E-state index contributed by atoms with van der Waals surface area (Å²) in [6.45, 7) is 4.65. The van der Waals surface area contributed by atoms with Gasteiger partial charge in [0.1, 0.15) is 5.56 Å². The first-order chi connectivity index (χ1) is 14.9. The smallest absolute Gasteiger partial charge is 0.335 e. The van der Waals surface area contributed by atoms with E-state index in [0.29, 0.717) is 5.69 Å². The number of H-pyrrole nitrogens is 2. The Morgan fingerprint density at radius 1 is 1.03 bits per heavy atom. The minimum Gasteiger partial charge on any atom is -0.494 e. The van der Waals surface area contributed by atoms with E-state index in [9.17, 15) is 14.7 Å². The second-order valence-electron chi connectivity index (χ2n) is 8.30. The van der Waals surface area contributed by atoms with Crippen molar-refractivity contribution < 1.29 is 5.11 Å². The Kier molecular flexibility index (Phi) is 4.37. The van der Waals surface area contributed by atoms with Crippen LogP contribution in [0.1, 0.15) is 34.0 Å². The first-order valence-electron chi connectivity index (χ1n) is 10.3. The lowest BCUT2D eigenvalue weighted by molar-refractivity contribution is 0.252. The minimum absolute atomic E-state index is 0.160. The van der Waals surface area contributed by atoms with Gasteiger partial charge in [0.25, 0.3) is 5.56 Å². The highest BCUT2D eigenvalue weighted by atomic mass is 16.3. The maximum absolute atomic E-state index is 13.0. The number of aromatic nitrogens is 3. The standard InChI is InChI=1S/C24H24N4O3/c1-13-8-9-15(12-14(13)2)28-23(30)19(22(29)26-24(28)31)21-20-17(10-11-27(21)3)16-6-4-5-7-18(16)25-20/h4-9,12,21,25,30H,10-11H2,1-3H3,(H,26,29,31)/t21-/m1/s1. The van der Waals surface area contributed by atoms with Gasteiger partial charge in [0.2, 0.25) is 5.88 Å². The quantitative estimate of drug-likeness (QED) is 0.468. The van der Waals surface area contributed by atoms with Gasteiger partial charge in [-0.15, -0.1) is 0 Å². The lowest BCUT2D eigenvalue weighted by Crippen LogP contribution is -2.39. The van der Waals surface area contributed by atoms with E-state index >= 15 is 0 Å². The molecule has 0 radical (unpaired) electrons. The fourth-order valence-corrected chi connectivity index (χ4v) is 4.62. The van der Waals surface area contributed by atoms with Crippen LogP contribution in [0.2, 0.25) is 0 Å². The van der Waals surface area contributed by atoms with Gasteiger partial charge >= 0.3 is 5.69 Å². The number of aromatic amines is 2. The summed E-state index contributed by atoms with van der Waals surface area (Å²) in [6, 6.07) is 13.0. The first kappa shape index (κ1) is 19.4. The number of benzene rings is 2. The van der Waals surface area contributed by atoms with Crippen LogP contribution in [0.25, 0.3) is 16.6 Å². The van der Waals surface area contributed by atoms with Crippen LogP contribution >= 0.6 is 0 Å². The predicted molar refractivity (Wildman–Crippen MR) is 120 cm³/mol. The van der Waals surface area contributed by atoms with Gasteiger partial charge in [0.15, 0.2) is 0 Å². The average Bonchev–Trinajstić information content (AvgIpc) is 3.10. The SMILES string of the molecule is Cc1ccc(-n2c(O)c([C@@H]3c4[nH]c5ccccc5c4CCN3C)c(=O)[nH]c2=O)cc1C. The predicted octanol–water partition coefficient (Wildman–Crippen LogP) is 2.91. The molecule has 1 aliphatic rings. The first-order valence-corrected chi connectivity index (χ1v) is 10.3. The maximum Gasteiger partial charge on any atom is 0.335 e. The van der Waals surface area contributed by atoms with E-state index < -0.39 is 17.3 Å². The number of rotatable bonds is 2. The summed E-state index contributed by atoms with van der Waals surface area (Å²) in [5.41, 5.74) is 4.51. The highest BCUT2D eigenvalue weighted by Crippen LogP contribution is 2.39. The van der Waals surface area contributed by atoms with Crippen molar-refractivity contribution in [2.75, 3.05) is 13.6 Å². The third-order valence-corrected chi connectivity index (χ3v) is 6.42. The number of aryl methyl sites for hydroxylation is 2. The van der Waals surface area contributed by atoms with E-state index in [1.54, 1.807) is 6.07 Å². The van der Waals surface area contributed by atoms with Crippen LogP contribution in [-0.2, 0) is 6.42 Å². The molecule has 0 unspecified atom stereocenters. The second-order valence-corrected chi connectivity index (χ2v) is 8.30. The zero-order chi connectivity index (χ0) is 21.9. The number of nitrogens with zero attached hydrogens (tertiary/aromatic N) is 2. The molecular formula is C24H24N4O3. The Morgan fingerprint density at radius 3 is 2.58 bits per heavy atom. The zero-order valence-corrected chi connectivity index (χ0v) is 17.7. The van der Waals surface area contributed by atoms with Crippen LogP contribution in [0, 0.1) is 13.8 Å².